The SMILES string of the molecule is CCOC(CC(C)C)Oc1ccc(C(C)CC)cc1. The summed E-state index contributed by atoms with van der Waals surface area (Å²) in [5.41, 5.74) is 1.37. The van der Waals surface area contributed by atoms with Crippen LogP contribution in [-0.2, 0) is 4.74 Å². The molecule has 2 atom stereocenters. The van der Waals surface area contributed by atoms with Crippen molar-refractivity contribution in [3.63, 3.8) is 0 Å². The second-order valence-electron chi connectivity index (χ2n) is 5.51. The summed E-state index contributed by atoms with van der Waals surface area (Å²) in [5, 5.41) is 0. The van der Waals surface area contributed by atoms with Gasteiger partial charge in [-0.15, -0.1) is 0 Å². The van der Waals surface area contributed by atoms with E-state index in [2.05, 4.69) is 39.8 Å². The van der Waals surface area contributed by atoms with Crippen LogP contribution < -0.4 is 4.74 Å². The molecule has 1 aromatic rings. The predicted octanol–water partition coefficient (Wildman–Crippen LogP) is 4.99. The maximum atomic E-state index is 5.91. The molecule has 19 heavy (non-hydrogen) atoms. The molecule has 0 saturated heterocycles. The van der Waals surface area contributed by atoms with Crippen LogP contribution in [0.5, 0.6) is 5.75 Å². The molecule has 1 aromatic carbocycles. The fourth-order valence-electron chi connectivity index (χ4n) is 1.98. The van der Waals surface area contributed by atoms with Crippen LogP contribution in [0.15, 0.2) is 24.3 Å². The minimum Gasteiger partial charge on any atom is -0.465 e. The summed E-state index contributed by atoms with van der Waals surface area (Å²) < 4.78 is 11.5. The standard InChI is InChI=1S/C17H28O2/c1-6-14(5)15-8-10-16(11-9-15)19-17(18-7-2)12-13(3)4/h8-11,13-14,17H,6-7,12H2,1-5H3. The molecule has 2 nitrogen and oxygen atoms in total. The Balaban J connectivity index is 2.63. The van der Waals surface area contributed by atoms with Crippen LogP contribution in [0, 0.1) is 5.92 Å². The van der Waals surface area contributed by atoms with Crippen molar-refractivity contribution >= 4 is 0 Å². The lowest BCUT2D eigenvalue weighted by Crippen LogP contribution is -2.22. The average molecular weight is 264 g/mol. The molecular weight excluding hydrogens is 236 g/mol. The molecule has 0 heterocycles. The van der Waals surface area contributed by atoms with E-state index in [0.29, 0.717) is 18.4 Å². The van der Waals surface area contributed by atoms with Crippen molar-refractivity contribution in [2.45, 2.75) is 59.7 Å². The van der Waals surface area contributed by atoms with Crippen LogP contribution in [0.1, 0.15) is 58.9 Å². The highest BCUT2D eigenvalue weighted by atomic mass is 16.7. The fraction of sp³-hybridized carbons (Fsp3) is 0.647. The van der Waals surface area contributed by atoms with Crippen LogP contribution in [0.4, 0.5) is 0 Å². The maximum Gasteiger partial charge on any atom is 0.200 e. The van der Waals surface area contributed by atoms with E-state index in [1.54, 1.807) is 0 Å². The van der Waals surface area contributed by atoms with Crippen molar-refractivity contribution in [2.75, 3.05) is 6.61 Å². The zero-order chi connectivity index (χ0) is 14.3. The van der Waals surface area contributed by atoms with E-state index < -0.39 is 0 Å². The van der Waals surface area contributed by atoms with Crippen molar-refractivity contribution < 1.29 is 9.47 Å². The first-order valence-electron chi connectivity index (χ1n) is 7.45. The first-order valence-corrected chi connectivity index (χ1v) is 7.45. The Bertz CT molecular complexity index is 343. The van der Waals surface area contributed by atoms with E-state index in [1.807, 2.05) is 19.1 Å². The van der Waals surface area contributed by atoms with Gasteiger partial charge < -0.3 is 9.47 Å². The van der Waals surface area contributed by atoms with Crippen LogP contribution in [0.25, 0.3) is 0 Å². The molecule has 0 amide bonds. The molecular formula is C17H28O2. The van der Waals surface area contributed by atoms with Crippen LogP contribution in [-0.4, -0.2) is 12.9 Å². The van der Waals surface area contributed by atoms with E-state index in [1.165, 1.54) is 5.56 Å². The molecule has 2 heteroatoms. The molecule has 1 rings (SSSR count). The summed E-state index contributed by atoms with van der Waals surface area (Å²) in [6.45, 7) is 11.5. The van der Waals surface area contributed by atoms with Gasteiger partial charge in [-0.2, -0.15) is 0 Å². The van der Waals surface area contributed by atoms with Gasteiger partial charge in [-0.25, -0.2) is 0 Å². The zero-order valence-corrected chi connectivity index (χ0v) is 13.0. The van der Waals surface area contributed by atoms with Gasteiger partial charge in [0.15, 0.2) is 6.29 Å². The molecule has 0 aliphatic rings. The lowest BCUT2D eigenvalue weighted by molar-refractivity contribution is -0.0859. The molecule has 0 N–H and O–H groups in total. The number of rotatable bonds is 8. The quantitative estimate of drug-likeness (QED) is 0.616. The minimum absolute atomic E-state index is 0.139. The average Bonchev–Trinajstić information content (AvgIpc) is 2.38. The lowest BCUT2D eigenvalue weighted by Gasteiger charge is -2.21. The van der Waals surface area contributed by atoms with Crippen LogP contribution in [0.3, 0.4) is 0 Å². The van der Waals surface area contributed by atoms with Crippen LogP contribution in [0.2, 0.25) is 0 Å². The van der Waals surface area contributed by atoms with Gasteiger partial charge in [-0.05, 0) is 42.9 Å². The van der Waals surface area contributed by atoms with Crippen LogP contribution >= 0.6 is 0 Å². The summed E-state index contributed by atoms with van der Waals surface area (Å²) >= 11 is 0. The Hall–Kier alpha value is -1.02. The first-order chi connectivity index (χ1) is 9.06. The van der Waals surface area contributed by atoms with Crippen molar-refractivity contribution in [1.29, 1.82) is 0 Å². The van der Waals surface area contributed by atoms with Gasteiger partial charge in [0.2, 0.25) is 0 Å². The normalized spacial score (nSPS) is 14.4. The van der Waals surface area contributed by atoms with E-state index in [9.17, 15) is 0 Å². The first kappa shape index (κ1) is 16.0. The smallest absolute Gasteiger partial charge is 0.200 e. The fourth-order valence-corrected chi connectivity index (χ4v) is 1.98. The number of hydrogen-bond acceptors (Lipinski definition) is 2. The highest BCUT2D eigenvalue weighted by Crippen LogP contribution is 2.23. The molecule has 0 aromatic heterocycles. The summed E-state index contributed by atoms with van der Waals surface area (Å²) in [5.74, 6) is 2.06. The van der Waals surface area contributed by atoms with Gasteiger partial charge in [-0.3, -0.25) is 0 Å². The Morgan fingerprint density at radius 3 is 2.11 bits per heavy atom. The lowest BCUT2D eigenvalue weighted by atomic mass is 9.99. The number of ether oxygens (including phenoxy) is 2. The maximum absolute atomic E-state index is 5.91. The number of hydrogen-bond donors (Lipinski definition) is 0. The molecule has 108 valence electrons. The molecule has 0 bridgehead atoms. The van der Waals surface area contributed by atoms with Crippen molar-refractivity contribution in [1.82, 2.24) is 0 Å². The van der Waals surface area contributed by atoms with Crippen molar-refractivity contribution in [3.05, 3.63) is 29.8 Å². The molecule has 0 radical (unpaired) electrons. The van der Waals surface area contributed by atoms with E-state index in [4.69, 9.17) is 9.47 Å². The molecule has 0 fully saturated rings. The summed E-state index contributed by atoms with van der Waals surface area (Å²) in [6.07, 6.45) is 1.94. The third kappa shape index (κ3) is 5.65. The molecule has 2 unspecified atom stereocenters. The van der Waals surface area contributed by atoms with Gasteiger partial charge >= 0.3 is 0 Å². The number of benzene rings is 1. The molecule has 0 spiro atoms. The second kappa shape index (κ2) is 8.21. The van der Waals surface area contributed by atoms with Crippen molar-refractivity contribution in [2.24, 2.45) is 5.92 Å². The van der Waals surface area contributed by atoms with Gasteiger partial charge in [-0.1, -0.05) is 39.8 Å². The van der Waals surface area contributed by atoms with Gasteiger partial charge in [0, 0.05) is 13.0 Å². The molecule has 0 aliphatic carbocycles. The molecule has 0 saturated carbocycles. The summed E-state index contributed by atoms with van der Waals surface area (Å²) in [4.78, 5) is 0. The van der Waals surface area contributed by atoms with Crippen molar-refractivity contribution in [3.8, 4) is 5.75 Å². The second-order valence-corrected chi connectivity index (χ2v) is 5.51. The predicted molar refractivity (Wildman–Crippen MR) is 80.6 cm³/mol. The third-order valence-corrected chi connectivity index (χ3v) is 3.35. The molecule has 0 aliphatic heterocycles. The Morgan fingerprint density at radius 1 is 1.00 bits per heavy atom. The summed E-state index contributed by atoms with van der Waals surface area (Å²) in [7, 11) is 0. The van der Waals surface area contributed by atoms with E-state index in [-0.39, 0.29) is 6.29 Å². The van der Waals surface area contributed by atoms with Gasteiger partial charge in [0.05, 0.1) is 0 Å². The van der Waals surface area contributed by atoms with Gasteiger partial charge in [0.1, 0.15) is 5.75 Å². The minimum atomic E-state index is -0.139. The largest absolute Gasteiger partial charge is 0.465 e. The highest BCUT2D eigenvalue weighted by molar-refractivity contribution is 5.29. The van der Waals surface area contributed by atoms with Gasteiger partial charge in [0.25, 0.3) is 0 Å². The van der Waals surface area contributed by atoms with E-state index in [0.717, 1.165) is 18.6 Å². The van der Waals surface area contributed by atoms with E-state index >= 15 is 0 Å². The monoisotopic (exact) mass is 264 g/mol. The Morgan fingerprint density at radius 2 is 1.63 bits per heavy atom. The summed E-state index contributed by atoms with van der Waals surface area (Å²) in [6, 6.07) is 8.41. The Kier molecular flexibility index (Phi) is 6.93. The highest BCUT2D eigenvalue weighted by Gasteiger charge is 2.12. The topological polar surface area (TPSA) is 18.5 Å². The zero-order valence-electron chi connectivity index (χ0n) is 13.0. The Labute approximate surface area is 118 Å². The third-order valence-electron chi connectivity index (χ3n) is 3.35.